The lowest BCUT2D eigenvalue weighted by Crippen LogP contribution is -2.36. The minimum Gasteiger partial charge on any atom is -0.330 e. The lowest BCUT2D eigenvalue weighted by atomic mass is 10.1. The van der Waals surface area contributed by atoms with Crippen LogP contribution in [0, 0.1) is 0 Å². The average Bonchev–Trinajstić information content (AvgIpc) is 2.55. The predicted molar refractivity (Wildman–Crippen MR) is 74.6 cm³/mol. The number of anilines is 1. The van der Waals surface area contributed by atoms with Crippen molar-refractivity contribution in [2.75, 3.05) is 17.6 Å². The van der Waals surface area contributed by atoms with Crippen LogP contribution < -0.4 is 11.1 Å². The predicted octanol–water partition coefficient (Wildman–Crippen LogP) is 0.703. The van der Waals surface area contributed by atoms with Crippen LogP contribution in [0.3, 0.4) is 0 Å². The van der Waals surface area contributed by atoms with Crippen LogP contribution in [0.15, 0.2) is 24.3 Å². The molecule has 1 aromatic carbocycles. The first-order valence-corrected chi connectivity index (χ1v) is 8.06. The number of carbonyl (C=O) groups is 1. The normalized spacial score (nSPS) is 19.4. The van der Waals surface area contributed by atoms with Gasteiger partial charge in [0.25, 0.3) is 0 Å². The Balaban J connectivity index is 2.21. The number of hydrogen-bond donors (Lipinski definition) is 2. The molecule has 0 bridgehead atoms. The lowest BCUT2D eigenvalue weighted by molar-refractivity contribution is -0.115. The molecule has 0 aromatic heterocycles. The van der Waals surface area contributed by atoms with Crippen molar-refractivity contribution in [2.24, 2.45) is 5.73 Å². The molecule has 6 heteroatoms. The fraction of sp³-hybridized carbons (Fsp3) is 0.462. The molecule has 0 aliphatic carbocycles. The molecule has 104 valence electrons. The van der Waals surface area contributed by atoms with E-state index in [-0.39, 0.29) is 5.75 Å². The number of carbonyl (C=O) groups excluding carboxylic acids is 1. The quantitative estimate of drug-likeness (QED) is 0.851. The number of rotatable bonds is 4. The molecule has 1 unspecified atom stereocenters. The fourth-order valence-corrected chi connectivity index (χ4v) is 3.98. The van der Waals surface area contributed by atoms with Gasteiger partial charge in [-0.3, -0.25) is 4.79 Å². The Kier molecular flexibility index (Phi) is 4.21. The first-order chi connectivity index (χ1) is 9.04. The van der Waals surface area contributed by atoms with Gasteiger partial charge in [0.2, 0.25) is 5.91 Å². The third-order valence-corrected chi connectivity index (χ3v) is 5.48. The number of fused-ring (bicyclic) bond motifs is 1. The Morgan fingerprint density at radius 3 is 2.79 bits per heavy atom. The van der Waals surface area contributed by atoms with Crippen LogP contribution in [0.25, 0.3) is 0 Å². The number of amides is 1. The van der Waals surface area contributed by atoms with E-state index < -0.39 is 21.0 Å². The molecular weight excluding hydrogens is 264 g/mol. The molecule has 2 rings (SSSR count). The van der Waals surface area contributed by atoms with E-state index in [1.807, 2.05) is 18.2 Å². The lowest BCUT2D eigenvalue weighted by Gasteiger charge is -2.13. The molecule has 1 heterocycles. The fourth-order valence-electron chi connectivity index (χ4n) is 2.26. The third-order valence-electron chi connectivity index (χ3n) is 3.31. The van der Waals surface area contributed by atoms with Crippen molar-refractivity contribution in [3.05, 3.63) is 29.8 Å². The minimum absolute atomic E-state index is 0.0298. The molecule has 0 saturated heterocycles. The molecule has 1 aromatic rings. The van der Waals surface area contributed by atoms with Crippen molar-refractivity contribution >= 4 is 21.4 Å². The van der Waals surface area contributed by atoms with E-state index in [0.29, 0.717) is 31.5 Å². The van der Waals surface area contributed by atoms with E-state index in [1.165, 1.54) is 0 Å². The Bertz CT molecular complexity index is 569. The number of aryl methyl sites for hydroxylation is 1. The maximum Gasteiger partial charge on any atom is 0.242 e. The van der Waals surface area contributed by atoms with Gasteiger partial charge in [0.05, 0.1) is 5.75 Å². The van der Waals surface area contributed by atoms with Crippen LogP contribution in [0.4, 0.5) is 5.69 Å². The van der Waals surface area contributed by atoms with Crippen LogP contribution in [0.2, 0.25) is 0 Å². The van der Waals surface area contributed by atoms with Crippen molar-refractivity contribution in [1.29, 1.82) is 0 Å². The standard InChI is InChI=1S/C13H18N2O3S/c14-8-3-9-19(17,18)12-7-6-10-4-1-2-5-11(10)15-13(12)16/h1-2,4-5,12H,3,6-9,14H2,(H,15,16). The third kappa shape index (κ3) is 3.13. The molecule has 1 amide bonds. The highest BCUT2D eigenvalue weighted by atomic mass is 32.2. The van der Waals surface area contributed by atoms with Gasteiger partial charge in [-0.1, -0.05) is 18.2 Å². The number of sulfone groups is 1. The summed E-state index contributed by atoms with van der Waals surface area (Å²) in [6.45, 7) is 0.313. The Morgan fingerprint density at radius 2 is 2.05 bits per heavy atom. The number of nitrogens with one attached hydrogen (secondary N) is 1. The molecule has 5 nitrogen and oxygen atoms in total. The SMILES string of the molecule is NCCCS(=O)(=O)C1CCc2ccccc2NC1=O. The van der Waals surface area contributed by atoms with Crippen LogP contribution >= 0.6 is 0 Å². The van der Waals surface area contributed by atoms with E-state index >= 15 is 0 Å². The summed E-state index contributed by atoms with van der Waals surface area (Å²) in [4.78, 5) is 12.1. The molecule has 0 radical (unpaired) electrons. The first kappa shape index (κ1) is 14.0. The van der Waals surface area contributed by atoms with Crippen molar-refractivity contribution < 1.29 is 13.2 Å². The second-order valence-corrected chi connectivity index (χ2v) is 6.99. The zero-order valence-electron chi connectivity index (χ0n) is 10.6. The van der Waals surface area contributed by atoms with E-state index in [9.17, 15) is 13.2 Å². The molecule has 0 saturated carbocycles. The maximum absolute atomic E-state index is 12.1. The van der Waals surface area contributed by atoms with Gasteiger partial charge in [-0.25, -0.2) is 8.42 Å². The Morgan fingerprint density at radius 1 is 1.32 bits per heavy atom. The van der Waals surface area contributed by atoms with Gasteiger partial charge in [0.1, 0.15) is 5.25 Å². The minimum atomic E-state index is -3.43. The second kappa shape index (κ2) is 5.71. The molecule has 1 atom stereocenters. The highest BCUT2D eigenvalue weighted by molar-refractivity contribution is 7.92. The second-order valence-electron chi connectivity index (χ2n) is 4.68. The van der Waals surface area contributed by atoms with Gasteiger partial charge >= 0.3 is 0 Å². The topological polar surface area (TPSA) is 89.3 Å². The van der Waals surface area contributed by atoms with Gasteiger partial charge in [0.15, 0.2) is 9.84 Å². The van der Waals surface area contributed by atoms with E-state index in [0.717, 1.165) is 5.56 Å². The van der Waals surface area contributed by atoms with Crippen LogP contribution in [-0.4, -0.2) is 31.9 Å². The van der Waals surface area contributed by atoms with Crippen molar-refractivity contribution in [1.82, 2.24) is 0 Å². The zero-order valence-corrected chi connectivity index (χ0v) is 11.4. The highest BCUT2D eigenvalue weighted by Crippen LogP contribution is 2.24. The molecule has 19 heavy (non-hydrogen) atoms. The summed E-state index contributed by atoms with van der Waals surface area (Å²) >= 11 is 0. The molecule has 0 fully saturated rings. The zero-order chi connectivity index (χ0) is 13.9. The molecular formula is C13H18N2O3S. The summed E-state index contributed by atoms with van der Waals surface area (Å²) in [5, 5.41) is 1.74. The molecule has 3 N–H and O–H groups in total. The summed E-state index contributed by atoms with van der Waals surface area (Å²) in [6.07, 6.45) is 1.30. The maximum atomic E-state index is 12.1. The highest BCUT2D eigenvalue weighted by Gasteiger charge is 2.33. The van der Waals surface area contributed by atoms with Crippen molar-refractivity contribution in [2.45, 2.75) is 24.5 Å². The van der Waals surface area contributed by atoms with Gasteiger partial charge < -0.3 is 11.1 Å². The van der Waals surface area contributed by atoms with E-state index in [2.05, 4.69) is 5.32 Å². The Labute approximate surface area is 113 Å². The van der Waals surface area contributed by atoms with E-state index in [4.69, 9.17) is 5.73 Å². The number of para-hydroxylation sites is 1. The van der Waals surface area contributed by atoms with Crippen LogP contribution in [-0.2, 0) is 21.1 Å². The van der Waals surface area contributed by atoms with Gasteiger partial charge in [-0.15, -0.1) is 0 Å². The van der Waals surface area contributed by atoms with Crippen LogP contribution in [0.1, 0.15) is 18.4 Å². The monoisotopic (exact) mass is 282 g/mol. The first-order valence-electron chi connectivity index (χ1n) is 6.35. The molecule has 1 aliphatic heterocycles. The average molecular weight is 282 g/mol. The number of hydrogen-bond acceptors (Lipinski definition) is 4. The largest absolute Gasteiger partial charge is 0.330 e. The summed E-state index contributed by atoms with van der Waals surface area (Å²) in [6, 6.07) is 7.41. The van der Waals surface area contributed by atoms with Crippen molar-refractivity contribution in [3.63, 3.8) is 0 Å². The number of benzene rings is 1. The smallest absolute Gasteiger partial charge is 0.242 e. The molecule has 1 aliphatic rings. The summed E-state index contributed by atoms with van der Waals surface area (Å²) in [5.41, 5.74) is 7.03. The van der Waals surface area contributed by atoms with Crippen LogP contribution in [0.5, 0.6) is 0 Å². The van der Waals surface area contributed by atoms with Gasteiger partial charge in [-0.05, 0) is 37.4 Å². The van der Waals surface area contributed by atoms with Crippen molar-refractivity contribution in [3.8, 4) is 0 Å². The number of nitrogens with two attached hydrogens (primary N) is 1. The summed E-state index contributed by atoms with van der Waals surface area (Å²) in [7, 11) is -3.43. The van der Waals surface area contributed by atoms with E-state index in [1.54, 1.807) is 6.07 Å². The Hall–Kier alpha value is -1.40. The molecule has 0 spiro atoms. The van der Waals surface area contributed by atoms with Gasteiger partial charge in [0, 0.05) is 5.69 Å². The van der Waals surface area contributed by atoms with Gasteiger partial charge in [-0.2, -0.15) is 0 Å². The summed E-state index contributed by atoms with van der Waals surface area (Å²) < 4.78 is 24.3. The summed E-state index contributed by atoms with van der Waals surface area (Å²) in [5.74, 6) is -0.459.